The van der Waals surface area contributed by atoms with Gasteiger partial charge in [0, 0.05) is 10.1 Å². The van der Waals surface area contributed by atoms with E-state index in [1.54, 1.807) is 11.8 Å². The lowest BCUT2D eigenvalue weighted by atomic mass is 10.2. The fraction of sp³-hybridized carbons (Fsp3) is 0.417. The number of thioether (sulfide) groups is 1. The van der Waals surface area contributed by atoms with Crippen LogP contribution in [0.5, 0.6) is 0 Å². The van der Waals surface area contributed by atoms with Crippen LogP contribution in [0.2, 0.25) is 0 Å². The van der Waals surface area contributed by atoms with E-state index in [1.807, 2.05) is 19.1 Å². The SMILES string of the molecule is COC(=O)CC(C)Sc1ccccc1C. The lowest BCUT2D eigenvalue weighted by Gasteiger charge is -2.11. The summed E-state index contributed by atoms with van der Waals surface area (Å²) in [6.07, 6.45) is 0.454. The normalized spacial score (nSPS) is 12.2. The summed E-state index contributed by atoms with van der Waals surface area (Å²) in [6, 6.07) is 8.19. The summed E-state index contributed by atoms with van der Waals surface area (Å²) < 4.78 is 4.64. The van der Waals surface area contributed by atoms with E-state index in [9.17, 15) is 4.79 Å². The molecule has 0 fully saturated rings. The van der Waals surface area contributed by atoms with Crippen molar-refractivity contribution in [1.29, 1.82) is 0 Å². The number of esters is 1. The lowest BCUT2D eigenvalue weighted by molar-refractivity contribution is -0.140. The minimum atomic E-state index is -0.149. The predicted molar refractivity (Wildman–Crippen MR) is 63.1 cm³/mol. The summed E-state index contributed by atoms with van der Waals surface area (Å²) in [5, 5.41) is 0.249. The Morgan fingerprint density at radius 3 is 2.73 bits per heavy atom. The Bertz CT molecular complexity index is 336. The zero-order valence-electron chi connectivity index (χ0n) is 9.32. The molecule has 1 atom stereocenters. The summed E-state index contributed by atoms with van der Waals surface area (Å²) >= 11 is 1.71. The Morgan fingerprint density at radius 2 is 2.13 bits per heavy atom. The molecule has 0 aliphatic rings. The molecule has 0 saturated heterocycles. The fourth-order valence-electron chi connectivity index (χ4n) is 1.27. The highest BCUT2D eigenvalue weighted by Crippen LogP contribution is 2.27. The molecule has 1 rings (SSSR count). The molecule has 0 aliphatic carbocycles. The number of benzene rings is 1. The maximum Gasteiger partial charge on any atom is 0.306 e. The van der Waals surface area contributed by atoms with E-state index in [2.05, 4.69) is 23.8 Å². The largest absolute Gasteiger partial charge is 0.469 e. The average Bonchev–Trinajstić information content (AvgIpc) is 2.21. The van der Waals surface area contributed by atoms with Gasteiger partial charge in [-0.2, -0.15) is 0 Å². The molecule has 1 aromatic rings. The van der Waals surface area contributed by atoms with Crippen LogP contribution < -0.4 is 0 Å². The van der Waals surface area contributed by atoms with E-state index in [1.165, 1.54) is 17.6 Å². The van der Waals surface area contributed by atoms with E-state index in [-0.39, 0.29) is 11.2 Å². The van der Waals surface area contributed by atoms with Crippen LogP contribution in [-0.4, -0.2) is 18.3 Å². The van der Waals surface area contributed by atoms with Crippen molar-refractivity contribution in [3.63, 3.8) is 0 Å². The zero-order valence-corrected chi connectivity index (χ0v) is 10.1. The second-order valence-corrected chi connectivity index (χ2v) is 4.95. The number of ether oxygens (including phenoxy) is 1. The van der Waals surface area contributed by atoms with Crippen molar-refractivity contribution in [2.24, 2.45) is 0 Å². The van der Waals surface area contributed by atoms with Crippen molar-refractivity contribution in [2.75, 3.05) is 7.11 Å². The number of carbonyl (C=O) groups excluding carboxylic acids is 1. The van der Waals surface area contributed by atoms with Crippen LogP contribution in [0.1, 0.15) is 18.9 Å². The maximum atomic E-state index is 11.1. The number of methoxy groups -OCH3 is 1. The molecule has 0 saturated carbocycles. The van der Waals surface area contributed by atoms with Crippen LogP contribution in [-0.2, 0) is 9.53 Å². The van der Waals surface area contributed by atoms with Gasteiger partial charge in [0.1, 0.15) is 0 Å². The molecule has 0 spiro atoms. The van der Waals surface area contributed by atoms with Gasteiger partial charge in [0.25, 0.3) is 0 Å². The topological polar surface area (TPSA) is 26.3 Å². The summed E-state index contributed by atoms with van der Waals surface area (Å²) in [4.78, 5) is 12.3. The third kappa shape index (κ3) is 3.96. The summed E-state index contributed by atoms with van der Waals surface area (Å²) in [7, 11) is 1.42. The number of carbonyl (C=O) groups is 1. The van der Waals surface area contributed by atoms with Crippen molar-refractivity contribution in [1.82, 2.24) is 0 Å². The first-order valence-electron chi connectivity index (χ1n) is 4.92. The van der Waals surface area contributed by atoms with Gasteiger partial charge >= 0.3 is 5.97 Å². The fourth-order valence-corrected chi connectivity index (χ4v) is 2.33. The molecule has 0 amide bonds. The second-order valence-electron chi connectivity index (χ2n) is 3.47. The third-order valence-corrected chi connectivity index (χ3v) is 3.38. The van der Waals surface area contributed by atoms with Crippen molar-refractivity contribution < 1.29 is 9.53 Å². The Hall–Kier alpha value is -0.960. The Morgan fingerprint density at radius 1 is 1.47 bits per heavy atom. The van der Waals surface area contributed by atoms with Gasteiger partial charge < -0.3 is 4.74 Å². The minimum Gasteiger partial charge on any atom is -0.469 e. The molecule has 0 bridgehead atoms. The Labute approximate surface area is 95.0 Å². The maximum absolute atomic E-state index is 11.1. The molecular formula is C12H16O2S. The molecule has 1 aromatic carbocycles. The van der Waals surface area contributed by atoms with Gasteiger partial charge in [0.15, 0.2) is 0 Å². The third-order valence-electron chi connectivity index (χ3n) is 2.10. The molecule has 82 valence electrons. The molecule has 0 radical (unpaired) electrons. The molecule has 0 aromatic heterocycles. The lowest BCUT2D eigenvalue weighted by Crippen LogP contribution is -2.08. The van der Waals surface area contributed by atoms with E-state index < -0.39 is 0 Å². The molecule has 3 heteroatoms. The van der Waals surface area contributed by atoms with Crippen LogP contribution >= 0.6 is 11.8 Å². The first-order valence-corrected chi connectivity index (χ1v) is 5.80. The van der Waals surface area contributed by atoms with Gasteiger partial charge in [0.05, 0.1) is 13.5 Å². The van der Waals surface area contributed by atoms with Gasteiger partial charge in [0.2, 0.25) is 0 Å². The quantitative estimate of drug-likeness (QED) is 0.581. The Balaban J connectivity index is 2.55. The molecule has 15 heavy (non-hydrogen) atoms. The van der Waals surface area contributed by atoms with Crippen molar-refractivity contribution in [2.45, 2.75) is 30.4 Å². The highest BCUT2D eigenvalue weighted by atomic mass is 32.2. The standard InChI is InChI=1S/C12H16O2S/c1-9-6-4-5-7-11(9)15-10(2)8-12(13)14-3/h4-7,10H,8H2,1-3H3. The molecule has 0 aliphatic heterocycles. The van der Waals surface area contributed by atoms with E-state index in [0.717, 1.165) is 0 Å². The van der Waals surface area contributed by atoms with Crippen molar-refractivity contribution in [3.8, 4) is 0 Å². The molecule has 2 nitrogen and oxygen atoms in total. The van der Waals surface area contributed by atoms with Gasteiger partial charge in [-0.05, 0) is 18.6 Å². The number of aryl methyl sites for hydroxylation is 1. The van der Waals surface area contributed by atoms with Crippen LogP contribution in [0.4, 0.5) is 0 Å². The van der Waals surface area contributed by atoms with Gasteiger partial charge in [-0.1, -0.05) is 25.1 Å². The first-order chi connectivity index (χ1) is 7.13. The molecular weight excluding hydrogens is 208 g/mol. The van der Waals surface area contributed by atoms with Crippen molar-refractivity contribution in [3.05, 3.63) is 29.8 Å². The smallest absolute Gasteiger partial charge is 0.306 e. The number of rotatable bonds is 4. The van der Waals surface area contributed by atoms with Crippen LogP contribution in [0.3, 0.4) is 0 Å². The monoisotopic (exact) mass is 224 g/mol. The van der Waals surface area contributed by atoms with Gasteiger partial charge in [-0.3, -0.25) is 4.79 Å². The summed E-state index contributed by atoms with van der Waals surface area (Å²) in [6.45, 7) is 4.11. The van der Waals surface area contributed by atoms with E-state index >= 15 is 0 Å². The molecule has 0 heterocycles. The highest BCUT2D eigenvalue weighted by molar-refractivity contribution is 8.00. The summed E-state index contributed by atoms with van der Waals surface area (Å²) in [5.74, 6) is -0.149. The van der Waals surface area contributed by atoms with E-state index in [4.69, 9.17) is 0 Å². The summed E-state index contributed by atoms with van der Waals surface area (Å²) in [5.41, 5.74) is 1.25. The highest BCUT2D eigenvalue weighted by Gasteiger charge is 2.11. The van der Waals surface area contributed by atoms with Crippen LogP contribution in [0, 0.1) is 6.92 Å². The zero-order chi connectivity index (χ0) is 11.3. The molecule has 0 N–H and O–H groups in total. The number of hydrogen-bond acceptors (Lipinski definition) is 3. The molecule has 1 unspecified atom stereocenters. The predicted octanol–water partition coefficient (Wildman–Crippen LogP) is 3.04. The second kappa shape index (κ2) is 5.81. The Kier molecular flexibility index (Phi) is 4.69. The minimum absolute atomic E-state index is 0.149. The van der Waals surface area contributed by atoms with Gasteiger partial charge in [-0.15, -0.1) is 11.8 Å². The van der Waals surface area contributed by atoms with E-state index in [0.29, 0.717) is 6.42 Å². The van der Waals surface area contributed by atoms with Gasteiger partial charge in [-0.25, -0.2) is 0 Å². The van der Waals surface area contributed by atoms with Crippen LogP contribution in [0.15, 0.2) is 29.2 Å². The van der Waals surface area contributed by atoms with Crippen LogP contribution in [0.25, 0.3) is 0 Å². The average molecular weight is 224 g/mol. The van der Waals surface area contributed by atoms with Crippen molar-refractivity contribution >= 4 is 17.7 Å². The first kappa shape index (κ1) is 12.1. The number of hydrogen-bond donors (Lipinski definition) is 0.